The number of fused-ring (bicyclic) bond motifs is 1. The van der Waals surface area contributed by atoms with Gasteiger partial charge in [-0.2, -0.15) is 0 Å². The number of nitrogens with one attached hydrogen (secondary N) is 1. The molecule has 1 aliphatic rings. The lowest BCUT2D eigenvalue weighted by Gasteiger charge is -2.17. The van der Waals surface area contributed by atoms with Crippen molar-refractivity contribution in [3.63, 3.8) is 0 Å². The van der Waals surface area contributed by atoms with Crippen molar-refractivity contribution in [1.29, 1.82) is 0 Å². The minimum absolute atomic E-state index is 0.217. The molecule has 5 rings (SSSR count). The summed E-state index contributed by atoms with van der Waals surface area (Å²) in [6.07, 6.45) is 2.27. The summed E-state index contributed by atoms with van der Waals surface area (Å²) < 4.78 is 13.6. The van der Waals surface area contributed by atoms with Gasteiger partial charge in [0.25, 0.3) is 11.8 Å². The molecule has 0 radical (unpaired) electrons. The fraction of sp³-hybridized carbons (Fsp3) is 0.120. The van der Waals surface area contributed by atoms with E-state index in [0.717, 1.165) is 27.4 Å². The third-order valence-corrected chi connectivity index (χ3v) is 6.37. The number of carbonyl (C=O) groups is 2. The molecule has 0 saturated carbocycles. The molecule has 1 N–H and O–H groups in total. The lowest BCUT2D eigenvalue weighted by molar-refractivity contribution is 0.0987. The zero-order chi connectivity index (χ0) is 22.9. The lowest BCUT2D eigenvalue weighted by Crippen LogP contribution is -2.28. The molecule has 0 fully saturated rings. The summed E-state index contributed by atoms with van der Waals surface area (Å²) in [6, 6.07) is 16.8. The smallest absolute Gasteiger partial charge is 0.276 e. The number of rotatable bonds is 4. The number of aromatic nitrogens is 2. The molecule has 6 nitrogen and oxygen atoms in total. The zero-order valence-corrected chi connectivity index (χ0v) is 18.5. The van der Waals surface area contributed by atoms with Gasteiger partial charge >= 0.3 is 0 Å². The molecule has 0 aliphatic carbocycles. The van der Waals surface area contributed by atoms with E-state index in [1.165, 1.54) is 29.5 Å². The molecule has 2 aromatic carbocycles. The monoisotopic (exact) mass is 458 g/mol. The highest BCUT2D eigenvalue weighted by Gasteiger charge is 2.26. The van der Waals surface area contributed by atoms with Crippen molar-refractivity contribution in [2.45, 2.75) is 13.3 Å². The molecular weight excluding hydrogens is 439 g/mol. The van der Waals surface area contributed by atoms with Crippen LogP contribution in [0.2, 0.25) is 0 Å². The second-order valence-electron chi connectivity index (χ2n) is 7.65. The van der Waals surface area contributed by atoms with Crippen LogP contribution in [-0.2, 0) is 6.42 Å². The van der Waals surface area contributed by atoms with Crippen LogP contribution in [0.25, 0.3) is 11.3 Å². The molecular formula is C25H19FN4O2S. The van der Waals surface area contributed by atoms with Gasteiger partial charge in [0.2, 0.25) is 0 Å². The third kappa shape index (κ3) is 4.12. The van der Waals surface area contributed by atoms with E-state index in [1.807, 2.05) is 25.1 Å². The molecule has 33 heavy (non-hydrogen) atoms. The number of benzene rings is 2. The maximum absolute atomic E-state index is 13.6. The molecule has 0 saturated heterocycles. The molecule has 0 atom stereocenters. The Morgan fingerprint density at radius 3 is 2.76 bits per heavy atom. The lowest BCUT2D eigenvalue weighted by atomic mass is 10.1. The first kappa shape index (κ1) is 21.0. The molecule has 4 aromatic rings. The van der Waals surface area contributed by atoms with Crippen molar-refractivity contribution in [3.8, 4) is 11.3 Å². The standard InChI is InChI=1S/C25H19FN4O2S/c1-15-22(28-25(33-15)29-23(31)20-7-2-3-11-27-20)17-8-9-21-16(13-17)10-12-30(21)24(32)18-5-4-6-19(26)14-18/h2-9,11,13-14H,10,12H2,1H3,(H,28,29,31). The van der Waals surface area contributed by atoms with E-state index < -0.39 is 5.82 Å². The van der Waals surface area contributed by atoms with Gasteiger partial charge < -0.3 is 4.90 Å². The van der Waals surface area contributed by atoms with Crippen molar-refractivity contribution in [2.75, 3.05) is 16.8 Å². The second kappa shape index (κ2) is 8.55. The van der Waals surface area contributed by atoms with Crippen molar-refractivity contribution in [2.24, 2.45) is 0 Å². The number of halogens is 1. The van der Waals surface area contributed by atoms with Crippen LogP contribution < -0.4 is 10.2 Å². The van der Waals surface area contributed by atoms with Gasteiger partial charge in [0.05, 0.1) is 5.69 Å². The van der Waals surface area contributed by atoms with Crippen LogP contribution >= 0.6 is 11.3 Å². The number of hydrogen-bond donors (Lipinski definition) is 1. The van der Waals surface area contributed by atoms with Crippen LogP contribution in [0.3, 0.4) is 0 Å². The predicted octanol–water partition coefficient (Wildman–Crippen LogP) is 5.11. The van der Waals surface area contributed by atoms with E-state index >= 15 is 0 Å². The maximum atomic E-state index is 13.6. The van der Waals surface area contributed by atoms with Crippen molar-refractivity contribution < 1.29 is 14.0 Å². The quantitative estimate of drug-likeness (QED) is 0.461. The first-order valence-corrected chi connectivity index (χ1v) is 11.2. The first-order valence-electron chi connectivity index (χ1n) is 10.4. The molecule has 0 bridgehead atoms. The Morgan fingerprint density at radius 2 is 1.97 bits per heavy atom. The molecule has 2 aromatic heterocycles. The summed E-state index contributed by atoms with van der Waals surface area (Å²) >= 11 is 1.40. The van der Waals surface area contributed by atoms with E-state index in [4.69, 9.17) is 0 Å². The Hall–Kier alpha value is -3.91. The number of thiazole rings is 1. The molecule has 3 heterocycles. The van der Waals surface area contributed by atoms with Gasteiger partial charge in [-0.3, -0.25) is 19.9 Å². The van der Waals surface area contributed by atoms with E-state index in [-0.39, 0.29) is 11.8 Å². The highest BCUT2D eigenvalue weighted by Crippen LogP contribution is 2.36. The fourth-order valence-electron chi connectivity index (χ4n) is 3.91. The molecule has 8 heteroatoms. The summed E-state index contributed by atoms with van der Waals surface area (Å²) in [6.45, 7) is 2.49. The van der Waals surface area contributed by atoms with Crippen LogP contribution in [-0.4, -0.2) is 28.3 Å². The zero-order valence-electron chi connectivity index (χ0n) is 17.7. The Labute approximate surface area is 193 Å². The summed E-state index contributed by atoms with van der Waals surface area (Å²) in [5.74, 6) is -0.956. The maximum Gasteiger partial charge on any atom is 0.276 e. The van der Waals surface area contributed by atoms with Gasteiger partial charge in [-0.15, -0.1) is 11.3 Å². The minimum Gasteiger partial charge on any atom is -0.308 e. The van der Waals surface area contributed by atoms with E-state index in [2.05, 4.69) is 15.3 Å². The Bertz CT molecular complexity index is 1370. The van der Waals surface area contributed by atoms with Gasteiger partial charge in [-0.1, -0.05) is 18.2 Å². The van der Waals surface area contributed by atoms with E-state index in [0.29, 0.717) is 29.4 Å². The molecule has 0 unspecified atom stereocenters. The molecule has 1 aliphatic heterocycles. The largest absolute Gasteiger partial charge is 0.308 e. The van der Waals surface area contributed by atoms with Crippen LogP contribution in [0.4, 0.5) is 15.2 Å². The first-order chi connectivity index (χ1) is 16.0. The van der Waals surface area contributed by atoms with Gasteiger partial charge in [0.1, 0.15) is 11.5 Å². The predicted molar refractivity (Wildman–Crippen MR) is 126 cm³/mol. The topological polar surface area (TPSA) is 75.2 Å². The fourth-order valence-corrected chi connectivity index (χ4v) is 4.74. The van der Waals surface area contributed by atoms with Gasteiger partial charge in [-0.25, -0.2) is 9.37 Å². The van der Waals surface area contributed by atoms with Crippen LogP contribution in [0.5, 0.6) is 0 Å². The third-order valence-electron chi connectivity index (χ3n) is 5.48. The summed E-state index contributed by atoms with van der Waals surface area (Å²) in [7, 11) is 0. The molecule has 0 spiro atoms. The number of anilines is 2. The SMILES string of the molecule is Cc1sc(NC(=O)c2ccccn2)nc1-c1ccc2c(c1)CCN2C(=O)c1cccc(F)c1. The Balaban J connectivity index is 1.38. The van der Waals surface area contributed by atoms with E-state index in [9.17, 15) is 14.0 Å². The molecule has 2 amide bonds. The average molecular weight is 459 g/mol. The average Bonchev–Trinajstić information content (AvgIpc) is 3.41. The van der Waals surface area contributed by atoms with Crippen LogP contribution in [0.15, 0.2) is 66.9 Å². The van der Waals surface area contributed by atoms with Gasteiger partial charge in [-0.05, 0) is 61.4 Å². The summed E-state index contributed by atoms with van der Waals surface area (Å²) in [5.41, 5.74) is 4.21. The van der Waals surface area contributed by atoms with Crippen LogP contribution in [0.1, 0.15) is 31.3 Å². The van der Waals surface area contributed by atoms with Gasteiger partial charge in [0, 0.05) is 34.4 Å². The van der Waals surface area contributed by atoms with Crippen molar-refractivity contribution in [3.05, 3.63) is 94.4 Å². The van der Waals surface area contributed by atoms with Crippen molar-refractivity contribution in [1.82, 2.24) is 9.97 Å². The minimum atomic E-state index is -0.430. The number of amides is 2. The highest BCUT2D eigenvalue weighted by atomic mass is 32.1. The highest BCUT2D eigenvalue weighted by molar-refractivity contribution is 7.16. The number of aryl methyl sites for hydroxylation is 1. The normalized spacial score (nSPS) is 12.5. The number of pyridine rings is 1. The van der Waals surface area contributed by atoms with E-state index in [1.54, 1.807) is 35.4 Å². The Morgan fingerprint density at radius 1 is 1.09 bits per heavy atom. The van der Waals surface area contributed by atoms with Crippen LogP contribution in [0, 0.1) is 12.7 Å². The summed E-state index contributed by atoms with van der Waals surface area (Å²) in [5, 5.41) is 3.31. The van der Waals surface area contributed by atoms with Crippen molar-refractivity contribution >= 4 is 34.0 Å². The molecule has 164 valence electrons. The van der Waals surface area contributed by atoms with Gasteiger partial charge in [0.15, 0.2) is 5.13 Å². The number of nitrogens with zero attached hydrogens (tertiary/aromatic N) is 3. The Kier molecular flexibility index (Phi) is 5.43. The second-order valence-corrected chi connectivity index (χ2v) is 8.86. The number of carbonyl (C=O) groups excluding carboxylic acids is 2. The number of hydrogen-bond acceptors (Lipinski definition) is 5. The summed E-state index contributed by atoms with van der Waals surface area (Å²) in [4.78, 5) is 36.6.